The number of benzene rings is 1. The van der Waals surface area contributed by atoms with E-state index in [2.05, 4.69) is 56.8 Å². The smallest absolute Gasteiger partial charge is 0.0483 e. The molecule has 2 heteroatoms. The molecule has 0 saturated heterocycles. The van der Waals surface area contributed by atoms with Crippen LogP contribution in [0.25, 0.3) is 11.3 Å². The Morgan fingerprint density at radius 3 is 2.33 bits per heavy atom. The van der Waals surface area contributed by atoms with E-state index < -0.39 is 0 Å². The topological polar surface area (TPSA) is 30.9 Å². The standard InChI is InChI=1S/C16H22N2/c1-11-7-13(3)14(5-6-17)15(8-11)16-9-12(2)10-18(16)4/h7-10H,5-6,17H2,1-4H3. The molecule has 0 spiro atoms. The summed E-state index contributed by atoms with van der Waals surface area (Å²) >= 11 is 0. The Balaban J connectivity index is 2.65. The summed E-state index contributed by atoms with van der Waals surface area (Å²) in [5.41, 5.74) is 13.7. The number of hydrogen-bond acceptors (Lipinski definition) is 1. The van der Waals surface area contributed by atoms with E-state index in [0.29, 0.717) is 6.54 Å². The first-order valence-corrected chi connectivity index (χ1v) is 6.46. The SMILES string of the molecule is Cc1cc(C)c(CCN)c(-c2cc(C)cn2C)c1. The molecular weight excluding hydrogens is 220 g/mol. The lowest BCUT2D eigenvalue weighted by Crippen LogP contribution is -2.07. The average Bonchev–Trinajstić information content (AvgIpc) is 2.61. The van der Waals surface area contributed by atoms with Crippen molar-refractivity contribution in [2.75, 3.05) is 6.54 Å². The van der Waals surface area contributed by atoms with Gasteiger partial charge in [0.1, 0.15) is 0 Å². The normalized spacial score (nSPS) is 10.9. The van der Waals surface area contributed by atoms with Crippen molar-refractivity contribution < 1.29 is 0 Å². The summed E-state index contributed by atoms with van der Waals surface area (Å²) in [6.07, 6.45) is 3.10. The summed E-state index contributed by atoms with van der Waals surface area (Å²) in [5.74, 6) is 0. The summed E-state index contributed by atoms with van der Waals surface area (Å²) in [4.78, 5) is 0. The van der Waals surface area contributed by atoms with Crippen molar-refractivity contribution in [1.82, 2.24) is 4.57 Å². The fourth-order valence-corrected chi connectivity index (χ4v) is 2.70. The lowest BCUT2D eigenvalue weighted by atomic mass is 9.94. The molecule has 2 N–H and O–H groups in total. The minimum Gasteiger partial charge on any atom is -0.350 e. The van der Waals surface area contributed by atoms with Crippen LogP contribution in [0.4, 0.5) is 0 Å². The van der Waals surface area contributed by atoms with Crippen LogP contribution in [0.5, 0.6) is 0 Å². The van der Waals surface area contributed by atoms with Gasteiger partial charge in [0, 0.05) is 24.5 Å². The minimum atomic E-state index is 0.695. The first kappa shape index (κ1) is 12.9. The molecule has 0 aliphatic heterocycles. The van der Waals surface area contributed by atoms with E-state index in [4.69, 9.17) is 5.73 Å². The third-order valence-corrected chi connectivity index (χ3v) is 3.43. The second-order valence-electron chi connectivity index (χ2n) is 5.16. The van der Waals surface area contributed by atoms with E-state index in [1.165, 1.54) is 33.5 Å². The van der Waals surface area contributed by atoms with Gasteiger partial charge in [-0.2, -0.15) is 0 Å². The van der Waals surface area contributed by atoms with Crippen LogP contribution in [0, 0.1) is 20.8 Å². The fourth-order valence-electron chi connectivity index (χ4n) is 2.70. The van der Waals surface area contributed by atoms with E-state index in [1.807, 2.05) is 0 Å². The largest absolute Gasteiger partial charge is 0.350 e. The molecule has 0 saturated carbocycles. The molecule has 0 fully saturated rings. The van der Waals surface area contributed by atoms with Crippen molar-refractivity contribution in [3.8, 4) is 11.3 Å². The highest BCUT2D eigenvalue weighted by Gasteiger charge is 2.11. The molecule has 0 aliphatic carbocycles. The first-order valence-electron chi connectivity index (χ1n) is 6.46. The third kappa shape index (κ3) is 2.34. The van der Waals surface area contributed by atoms with Crippen LogP contribution in [0.2, 0.25) is 0 Å². The molecule has 0 aliphatic rings. The molecule has 1 heterocycles. The Kier molecular flexibility index (Phi) is 3.58. The zero-order valence-electron chi connectivity index (χ0n) is 11.7. The van der Waals surface area contributed by atoms with Crippen molar-refractivity contribution in [3.05, 3.63) is 46.6 Å². The van der Waals surface area contributed by atoms with Crippen LogP contribution in [0.3, 0.4) is 0 Å². The second-order valence-corrected chi connectivity index (χ2v) is 5.16. The quantitative estimate of drug-likeness (QED) is 0.881. The van der Waals surface area contributed by atoms with Gasteiger partial charge in [0.15, 0.2) is 0 Å². The Labute approximate surface area is 109 Å². The maximum absolute atomic E-state index is 5.75. The van der Waals surface area contributed by atoms with E-state index in [1.54, 1.807) is 0 Å². The highest BCUT2D eigenvalue weighted by molar-refractivity contribution is 5.68. The van der Waals surface area contributed by atoms with Gasteiger partial charge in [-0.1, -0.05) is 11.6 Å². The summed E-state index contributed by atoms with van der Waals surface area (Å²) in [6.45, 7) is 7.16. The Morgan fingerprint density at radius 1 is 1.06 bits per heavy atom. The Morgan fingerprint density at radius 2 is 1.78 bits per heavy atom. The van der Waals surface area contributed by atoms with Gasteiger partial charge in [-0.15, -0.1) is 0 Å². The predicted octanol–water partition coefficient (Wildman–Crippen LogP) is 3.12. The number of hydrogen-bond donors (Lipinski definition) is 1. The molecule has 0 bridgehead atoms. The molecule has 96 valence electrons. The second kappa shape index (κ2) is 4.99. The highest BCUT2D eigenvalue weighted by Crippen LogP contribution is 2.29. The van der Waals surface area contributed by atoms with Gasteiger partial charge in [-0.3, -0.25) is 0 Å². The summed E-state index contributed by atoms with van der Waals surface area (Å²) in [5, 5.41) is 0. The van der Waals surface area contributed by atoms with E-state index in [-0.39, 0.29) is 0 Å². The molecule has 1 aromatic heterocycles. The lowest BCUT2D eigenvalue weighted by Gasteiger charge is -2.14. The van der Waals surface area contributed by atoms with Crippen LogP contribution in [-0.4, -0.2) is 11.1 Å². The zero-order chi connectivity index (χ0) is 13.3. The molecule has 0 unspecified atom stereocenters. The lowest BCUT2D eigenvalue weighted by molar-refractivity contribution is 0.918. The summed E-state index contributed by atoms with van der Waals surface area (Å²) < 4.78 is 2.20. The molecule has 18 heavy (non-hydrogen) atoms. The Bertz CT molecular complexity index is 565. The predicted molar refractivity (Wildman–Crippen MR) is 77.8 cm³/mol. The number of aryl methyl sites for hydroxylation is 4. The molecular formula is C16H22N2. The van der Waals surface area contributed by atoms with E-state index >= 15 is 0 Å². The molecule has 2 nitrogen and oxygen atoms in total. The van der Waals surface area contributed by atoms with Crippen LogP contribution in [0.15, 0.2) is 24.4 Å². The van der Waals surface area contributed by atoms with Gasteiger partial charge >= 0.3 is 0 Å². The monoisotopic (exact) mass is 242 g/mol. The van der Waals surface area contributed by atoms with Crippen molar-refractivity contribution >= 4 is 0 Å². The van der Waals surface area contributed by atoms with Crippen molar-refractivity contribution in [2.45, 2.75) is 27.2 Å². The number of nitrogens with two attached hydrogens (primary N) is 1. The third-order valence-electron chi connectivity index (χ3n) is 3.43. The van der Waals surface area contributed by atoms with Gasteiger partial charge < -0.3 is 10.3 Å². The summed E-state index contributed by atoms with van der Waals surface area (Å²) in [7, 11) is 2.10. The van der Waals surface area contributed by atoms with Gasteiger partial charge in [-0.05, 0) is 62.6 Å². The van der Waals surface area contributed by atoms with Crippen molar-refractivity contribution in [3.63, 3.8) is 0 Å². The van der Waals surface area contributed by atoms with Gasteiger partial charge in [0.2, 0.25) is 0 Å². The number of aromatic nitrogens is 1. The van der Waals surface area contributed by atoms with E-state index in [0.717, 1.165) is 6.42 Å². The van der Waals surface area contributed by atoms with Crippen LogP contribution in [0.1, 0.15) is 22.3 Å². The maximum Gasteiger partial charge on any atom is 0.0483 e. The van der Waals surface area contributed by atoms with Crippen molar-refractivity contribution in [1.29, 1.82) is 0 Å². The van der Waals surface area contributed by atoms with Gasteiger partial charge in [0.05, 0.1) is 0 Å². The Hall–Kier alpha value is -1.54. The van der Waals surface area contributed by atoms with Crippen LogP contribution >= 0.6 is 0 Å². The average molecular weight is 242 g/mol. The first-order chi connectivity index (χ1) is 8.52. The number of rotatable bonds is 3. The molecule has 1 aromatic carbocycles. The summed E-state index contributed by atoms with van der Waals surface area (Å²) in [6, 6.07) is 6.76. The van der Waals surface area contributed by atoms with Crippen molar-refractivity contribution in [2.24, 2.45) is 12.8 Å². The van der Waals surface area contributed by atoms with E-state index in [9.17, 15) is 0 Å². The molecule has 2 aromatic rings. The molecule has 2 rings (SSSR count). The number of nitrogens with zero attached hydrogens (tertiary/aromatic N) is 1. The zero-order valence-corrected chi connectivity index (χ0v) is 11.7. The van der Waals surface area contributed by atoms with Gasteiger partial charge in [0.25, 0.3) is 0 Å². The van der Waals surface area contributed by atoms with Crippen LogP contribution in [-0.2, 0) is 13.5 Å². The highest BCUT2D eigenvalue weighted by atomic mass is 14.9. The minimum absolute atomic E-state index is 0.695. The fraction of sp³-hybridized carbons (Fsp3) is 0.375. The molecule has 0 radical (unpaired) electrons. The maximum atomic E-state index is 5.75. The van der Waals surface area contributed by atoms with Gasteiger partial charge in [-0.25, -0.2) is 0 Å². The molecule has 0 amide bonds. The molecule has 0 atom stereocenters. The van der Waals surface area contributed by atoms with Crippen LogP contribution < -0.4 is 5.73 Å².